The van der Waals surface area contributed by atoms with Gasteiger partial charge in [-0.05, 0) is 37.0 Å². The van der Waals surface area contributed by atoms with Crippen molar-refractivity contribution in [3.8, 4) is 0 Å². The van der Waals surface area contributed by atoms with Gasteiger partial charge < -0.3 is 4.90 Å². The molecule has 0 radical (unpaired) electrons. The third-order valence-electron chi connectivity index (χ3n) is 4.75. The Hall–Kier alpha value is -1.07. The fraction of sp³-hybridized carbons (Fsp3) is 0.533. The largest absolute Gasteiger partial charge is 0.340 e. The Balaban J connectivity index is 1.70. The normalized spacial score (nSPS) is 21.5. The number of carbonyl (C=O) groups is 1. The molecule has 1 aliphatic heterocycles. The van der Waals surface area contributed by atoms with Crippen molar-refractivity contribution in [2.45, 2.75) is 29.9 Å². The Labute approximate surface area is 130 Å². The van der Waals surface area contributed by atoms with Gasteiger partial charge >= 0.3 is 0 Å². The first-order chi connectivity index (χ1) is 9.83. The number of amides is 1. The minimum absolute atomic E-state index is 0.213. The van der Waals surface area contributed by atoms with Gasteiger partial charge in [-0.1, -0.05) is 23.7 Å². The summed E-state index contributed by atoms with van der Waals surface area (Å²) in [6.07, 6.45) is 2.91. The molecule has 1 aromatic rings. The highest BCUT2D eigenvalue weighted by atomic mass is 35.5. The van der Waals surface area contributed by atoms with E-state index in [4.69, 9.17) is 11.6 Å². The molecule has 2 aliphatic rings. The number of halogens is 1. The highest BCUT2D eigenvalue weighted by Crippen LogP contribution is 2.42. The topological polar surface area (TPSA) is 54.5 Å². The SMILES string of the molecule is CS(=O)(=O)C1(C(=O)N2CC(c3cccc(Cl)c3)C2)CCC1. The lowest BCUT2D eigenvalue weighted by Crippen LogP contribution is -2.62. The lowest BCUT2D eigenvalue weighted by Gasteiger charge is -2.47. The second-order valence-electron chi connectivity index (χ2n) is 6.08. The zero-order chi connectivity index (χ0) is 15.3. The first kappa shape index (κ1) is 14.9. The molecule has 6 heteroatoms. The zero-order valence-corrected chi connectivity index (χ0v) is 13.5. The summed E-state index contributed by atoms with van der Waals surface area (Å²) in [4.78, 5) is 14.2. The van der Waals surface area contributed by atoms with Crippen molar-refractivity contribution >= 4 is 27.3 Å². The summed E-state index contributed by atoms with van der Waals surface area (Å²) in [5.74, 6) is 0.0406. The van der Waals surface area contributed by atoms with Crippen molar-refractivity contribution in [3.05, 3.63) is 34.9 Å². The molecule has 1 aromatic carbocycles. The maximum absolute atomic E-state index is 12.5. The van der Waals surface area contributed by atoms with Gasteiger partial charge in [0.2, 0.25) is 5.91 Å². The second-order valence-corrected chi connectivity index (χ2v) is 8.84. The number of benzene rings is 1. The molecule has 0 unspecified atom stereocenters. The fourth-order valence-corrected chi connectivity index (χ4v) is 4.82. The summed E-state index contributed by atoms with van der Waals surface area (Å²) in [6.45, 7) is 1.16. The summed E-state index contributed by atoms with van der Waals surface area (Å²) in [7, 11) is -3.35. The summed E-state index contributed by atoms with van der Waals surface area (Å²) >= 11 is 5.97. The minimum Gasteiger partial charge on any atom is -0.340 e. The Morgan fingerprint density at radius 2 is 2.00 bits per heavy atom. The number of nitrogens with zero attached hydrogens (tertiary/aromatic N) is 1. The Bertz CT molecular complexity index is 676. The molecule has 1 heterocycles. The van der Waals surface area contributed by atoms with Gasteiger partial charge in [0.25, 0.3) is 0 Å². The van der Waals surface area contributed by atoms with Crippen LogP contribution in [0.4, 0.5) is 0 Å². The van der Waals surface area contributed by atoms with E-state index in [2.05, 4.69) is 0 Å². The van der Waals surface area contributed by atoms with Crippen molar-refractivity contribution in [1.82, 2.24) is 4.90 Å². The number of sulfone groups is 1. The van der Waals surface area contributed by atoms with Crippen LogP contribution in [-0.2, 0) is 14.6 Å². The lowest BCUT2D eigenvalue weighted by molar-refractivity contribution is -0.140. The van der Waals surface area contributed by atoms with E-state index in [1.807, 2.05) is 24.3 Å². The molecule has 0 atom stereocenters. The number of rotatable bonds is 3. The van der Waals surface area contributed by atoms with Gasteiger partial charge in [0.1, 0.15) is 0 Å². The third-order valence-corrected chi connectivity index (χ3v) is 6.99. The lowest BCUT2D eigenvalue weighted by atomic mass is 9.81. The Kier molecular flexibility index (Phi) is 3.53. The fourth-order valence-electron chi connectivity index (χ4n) is 3.15. The predicted octanol–water partition coefficient (Wildman–Crippen LogP) is 2.23. The summed E-state index contributed by atoms with van der Waals surface area (Å²) in [5.41, 5.74) is 1.11. The van der Waals surface area contributed by atoms with Crippen LogP contribution in [-0.4, -0.2) is 43.3 Å². The maximum atomic E-state index is 12.5. The zero-order valence-electron chi connectivity index (χ0n) is 11.9. The average Bonchev–Trinajstić information content (AvgIpc) is 2.22. The molecule has 2 fully saturated rings. The van der Waals surface area contributed by atoms with Crippen LogP contribution in [0.5, 0.6) is 0 Å². The van der Waals surface area contributed by atoms with Crippen LogP contribution in [0, 0.1) is 0 Å². The molecule has 0 aromatic heterocycles. The van der Waals surface area contributed by atoms with Gasteiger partial charge in [-0.3, -0.25) is 4.79 Å². The minimum atomic E-state index is -3.35. The van der Waals surface area contributed by atoms with E-state index in [9.17, 15) is 13.2 Å². The second kappa shape index (κ2) is 4.99. The van der Waals surface area contributed by atoms with Gasteiger partial charge in [0.15, 0.2) is 14.6 Å². The van der Waals surface area contributed by atoms with Gasteiger partial charge in [0.05, 0.1) is 0 Å². The van der Waals surface area contributed by atoms with Crippen LogP contribution >= 0.6 is 11.6 Å². The predicted molar refractivity (Wildman–Crippen MR) is 82.2 cm³/mol. The van der Waals surface area contributed by atoms with Crippen LogP contribution in [0.15, 0.2) is 24.3 Å². The summed E-state index contributed by atoms with van der Waals surface area (Å²) < 4.78 is 22.8. The van der Waals surface area contributed by atoms with Crippen molar-refractivity contribution in [2.24, 2.45) is 0 Å². The van der Waals surface area contributed by atoms with Gasteiger partial charge in [-0.15, -0.1) is 0 Å². The summed E-state index contributed by atoms with van der Waals surface area (Å²) in [6, 6.07) is 7.61. The first-order valence-electron chi connectivity index (χ1n) is 7.08. The van der Waals surface area contributed by atoms with Crippen molar-refractivity contribution in [2.75, 3.05) is 19.3 Å². The van der Waals surface area contributed by atoms with Crippen molar-refractivity contribution in [3.63, 3.8) is 0 Å². The molecule has 1 amide bonds. The molecular formula is C15H18ClNO3S. The Morgan fingerprint density at radius 1 is 1.33 bits per heavy atom. The van der Waals surface area contributed by atoms with E-state index < -0.39 is 14.6 Å². The molecule has 114 valence electrons. The molecule has 1 saturated heterocycles. The highest BCUT2D eigenvalue weighted by molar-refractivity contribution is 7.93. The molecule has 0 bridgehead atoms. The van der Waals surface area contributed by atoms with E-state index in [1.165, 1.54) is 6.26 Å². The van der Waals surface area contributed by atoms with E-state index in [0.717, 1.165) is 12.0 Å². The average molecular weight is 328 g/mol. The number of carbonyl (C=O) groups excluding carboxylic acids is 1. The van der Waals surface area contributed by atoms with Crippen LogP contribution in [0.1, 0.15) is 30.7 Å². The van der Waals surface area contributed by atoms with Crippen LogP contribution < -0.4 is 0 Å². The van der Waals surface area contributed by atoms with Crippen molar-refractivity contribution in [1.29, 1.82) is 0 Å². The van der Waals surface area contributed by atoms with E-state index in [0.29, 0.717) is 31.0 Å². The standard InChI is InChI=1S/C15H18ClNO3S/c1-21(19,20)15(6-3-7-15)14(18)17-9-12(10-17)11-4-2-5-13(16)8-11/h2,4-5,8,12H,3,6-7,9-10H2,1H3. The third kappa shape index (κ3) is 2.36. The maximum Gasteiger partial charge on any atom is 0.244 e. The van der Waals surface area contributed by atoms with Crippen molar-refractivity contribution < 1.29 is 13.2 Å². The Morgan fingerprint density at radius 3 is 2.48 bits per heavy atom. The number of hydrogen-bond acceptors (Lipinski definition) is 3. The summed E-state index contributed by atoms with van der Waals surface area (Å²) in [5, 5.41) is 0.684. The molecule has 0 N–H and O–H groups in total. The van der Waals surface area contributed by atoms with Gasteiger partial charge in [-0.25, -0.2) is 8.42 Å². The monoisotopic (exact) mass is 327 g/mol. The molecule has 4 nitrogen and oxygen atoms in total. The quantitative estimate of drug-likeness (QED) is 0.855. The van der Waals surface area contributed by atoms with Crippen LogP contribution in [0.25, 0.3) is 0 Å². The number of hydrogen-bond donors (Lipinski definition) is 0. The molecule has 3 rings (SSSR count). The van der Waals surface area contributed by atoms with E-state index in [1.54, 1.807) is 4.90 Å². The smallest absolute Gasteiger partial charge is 0.244 e. The van der Waals surface area contributed by atoms with Crippen LogP contribution in [0.3, 0.4) is 0 Å². The first-order valence-corrected chi connectivity index (χ1v) is 9.35. The van der Waals surface area contributed by atoms with Crippen LogP contribution in [0.2, 0.25) is 5.02 Å². The molecular weight excluding hydrogens is 310 g/mol. The van der Waals surface area contributed by atoms with E-state index in [-0.39, 0.29) is 11.8 Å². The molecule has 1 saturated carbocycles. The molecule has 21 heavy (non-hydrogen) atoms. The molecule has 0 spiro atoms. The van der Waals surface area contributed by atoms with E-state index >= 15 is 0 Å². The number of likely N-dealkylation sites (tertiary alicyclic amines) is 1. The highest BCUT2D eigenvalue weighted by Gasteiger charge is 2.55. The molecule has 1 aliphatic carbocycles. The van der Waals surface area contributed by atoms with Gasteiger partial charge in [0, 0.05) is 30.3 Å². The van der Waals surface area contributed by atoms with Gasteiger partial charge in [-0.2, -0.15) is 0 Å².